The lowest BCUT2D eigenvalue weighted by atomic mass is 10.1. The van der Waals surface area contributed by atoms with Crippen molar-refractivity contribution in [2.45, 2.75) is 32.7 Å². The van der Waals surface area contributed by atoms with Gasteiger partial charge in [0.05, 0.1) is 17.2 Å². The average molecular weight is 405 g/mol. The fraction of sp³-hybridized carbons (Fsp3) is 0.304. The SMILES string of the molecule is Cc1ccc(N2C[C@@H](NC(=O)CCN3C(=O)c4ccccc4C3=O)CC2=O)cc1C. The Balaban J connectivity index is 1.33. The summed E-state index contributed by atoms with van der Waals surface area (Å²) in [7, 11) is 0. The Bertz CT molecular complexity index is 1030. The number of carbonyl (C=O) groups is 4. The minimum Gasteiger partial charge on any atom is -0.351 e. The molecule has 2 aliphatic heterocycles. The third-order valence-corrected chi connectivity index (χ3v) is 5.73. The Kier molecular flexibility index (Phi) is 5.11. The first-order valence-corrected chi connectivity index (χ1v) is 9.97. The molecule has 4 amide bonds. The number of imide groups is 1. The van der Waals surface area contributed by atoms with Crippen molar-refractivity contribution < 1.29 is 19.2 Å². The van der Waals surface area contributed by atoms with E-state index >= 15 is 0 Å². The number of amides is 4. The minimum atomic E-state index is -0.375. The minimum absolute atomic E-state index is 0.000200. The second kappa shape index (κ2) is 7.74. The topological polar surface area (TPSA) is 86.8 Å². The van der Waals surface area contributed by atoms with Crippen LogP contribution < -0.4 is 10.2 Å². The van der Waals surface area contributed by atoms with Crippen molar-refractivity contribution in [3.63, 3.8) is 0 Å². The zero-order chi connectivity index (χ0) is 21.4. The molecule has 0 saturated carbocycles. The third-order valence-electron chi connectivity index (χ3n) is 5.73. The molecule has 1 fully saturated rings. The Morgan fingerprint density at radius 2 is 1.67 bits per heavy atom. The lowest BCUT2D eigenvalue weighted by molar-refractivity contribution is -0.121. The smallest absolute Gasteiger partial charge is 0.261 e. The fourth-order valence-electron chi connectivity index (χ4n) is 3.90. The molecule has 0 spiro atoms. The van der Waals surface area contributed by atoms with Crippen LogP contribution in [-0.2, 0) is 9.59 Å². The first-order valence-electron chi connectivity index (χ1n) is 9.97. The van der Waals surface area contributed by atoms with E-state index in [4.69, 9.17) is 0 Å². The van der Waals surface area contributed by atoms with Crippen LogP contribution in [0.2, 0.25) is 0 Å². The molecule has 7 heteroatoms. The maximum atomic E-state index is 12.4. The van der Waals surface area contributed by atoms with E-state index in [2.05, 4.69) is 5.32 Å². The van der Waals surface area contributed by atoms with Crippen LogP contribution in [-0.4, -0.2) is 47.7 Å². The largest absolute Gasteiger partial charge is 0.351 e. The van der Waals surface area contributed by atoms with E-state index in [-0.39, 0.29) is 49.1 Å². The summed E-state index contributed by atoms with van der Waals surface area (Å²) in [5.74, 6) is -1.07. The molecule has 0 aromatic heterocycles. The number of benzene rings is 2. The summed E-state index contributed by atoms with van der Waals surface area (Å²) in [5.41, 5.74) is 3.82. The highest BCUT2D eigenvalue weighted by molar-refractivity contribution is 6.21. The quantitative estimate of drug-likeness (QED) is 0.773. The Labute approximate surface area is 174 Å². The van der Waals surface area contributed by atoms with Gasteiger partial charge in [-0.05, 0) is 49.2 Å². The van der Waals surface area contributed by atoms with Gasteiger partial charge in [-0.1, -0.05) is 18.2 Å². The molecule has 7 nitrogen and oxygen atoms in total. The molecule has 2 aromatic rings. The number of fused-ring (bicyclic) bond motifs is 1. The van der Waals surface area contributed by atoms with E-state index < -0.39 is 0 Å². The first-order chi connectivity index (χ1) is 14.3. The number of nitrogens with zero attached hydrogens (tertiary/aromatic N) is 2. The van der Waals surface area contributed by atoms with Crippen molar-refractivity contribution in [3.05, 3.63) is 64.7 Å². The lowest BCUT2D eigenvalue weighted by Crippen LogP contribution is -2.40. The number of nitrogens with one attached hydrogen (secondary N) is 1. The number of anilines is 1. The lowest BCUT2D eigenvalue weighted by Gasteiger charge is -2.19. The molecule has 154 valence electrons. The monoisotopic (exact) mass is 405 g/mol. The zero-order valence-electron chi connectivity index (χ0n) is 17.0. The number of aryl methyl sites for hydroxylation is 2. The van der Waals surface area contributed by atoms with Gasteiger partial charge in [0, 0.05) is 31.6 Å². The molecular formula is C23H23N3O4. The molecule has 30 heavy (non-hydrogen) atoms. The van der Waals surface area contributed by atoms with Gasteiger partial charge in [-0.15, -0.1) is 0 Å². The molecule has 0 aliphatic carbocycles. The van der Waals surface area contributed by atoms with Crippen molar-refractivity contribution in [1.82, 2.24) is 10.2 Å². The van der Waals surface area contributed by atoms with E-state index in [1.165, 1.54) is 0 Å². The van der Waals surface area contributed by atoms with Crippen LogP contribution in [0.1, 0.15) is 44.7 Å². The van der Waals surface area contributed by atoms with E-state index in [0.29, 0.717) is 17.7 Å². The van der Waals surface area contributed by atoms with E-state index in [1.807, 2.05) is 32.0 Å². The van der Waals surface area contributed by atoms with Gasteiger partial charge < -0.3 is 10.2 Å². The molecule has 4 rings (SSSR count). The molecule has 2 heterocycles. The van der Waals surface area contributed by atoms with Crippen LogP contribution in [0.25, 0.3) is 0 Å². The van der Waals surface area contributed by atoms with Crippen molar-refractivity contribution in [1.29, 1.82) is 0 Å². The summed E-state index contributed by atoms with van der Waals surface area (Å²) in [5, 5.41) is 2.86. The van der Waals surface area contributed by atoms with Crippen molar-refractivity contribution in [2.24, 2.45) is 0 Å². The maximum Gasteiger partial charge on any atom is 0.261 e. The summed E-state index contributed by atoms with van der Waals surface area (Å²) in [6.45, 7) is 4.43. The van der Waals surface area contributed by atoms with Gasteiger partial charge in [-0.2, -0.15) is 0 Å². The number of carbonyl (C=O) groups excluding carboxylic acids is 4. The second-order valence-corrected chi connectivity index (χ2v) is 7.80. The molecule has 2 aromatic carbocycles. The number of hydrogen-bond donors (Lipinski definition) is 1. The molecule has 1 saturated heterocycles. The normalized spacial score (nSPS) is 18.2. The fourth-order valence-corrected chi connectivity index (χ4v) is 3.90. The van der Waals surface area contributed by atoms with Crippen LogP contribution in [0.3, 0.4) is 0 Å². The van der Waals surface area contributed by atoms with Gasteiger partial charge in [0.2, 0.25) is 11.8 Å². The Hall–Kier alpha value is -3.48. The predicted molar refractivity (Wildman–Crippen MR) is 111 cm³/mol. The molecule has 0 bridgehead atoms. The standard InChI is InChI=1S/C23H23N3O4/c1-14-7-8-17(11-15(14)2)26-13-16(12-21(26)28)24-20(27)9-10-25-22(29)18-5-3-4-6-19(18)23(25)30/h3-8,11,16H,9-10,12-13H2,1-2H3,(H,24,27)/t16-/m0/s1. The second-order valence-electron chi connectivity index (χ2n) is 7.80. The zero-order valence-corrected chi connectivity index (χ0v) is 17.0. The van der Waals surface area contributed by atoms with Crippen molar-refractivity contribution in [2.75, 3.05) is 18.0 Å². The summed E-state index contributed by atoms with van der Waals surface area (Å²) >= 11 is 0. The van der Waals surface area contributed by atoms with Gasteiger partial charge in [0.25, 0.3) is 11.8 Å². The number of hydrogen-bond acceptors (Lipinski definition) is 4. The summed E-state index contributed by atoms with van der Waals surface area (Å²) < 4.78 is 0. The number of rotatable bonds is 5. The summed E-state index contributed by atoms with van der Waals surface area (Å²) in [4.78, 5) is 52.4. The van der Waals surface area contributed by atoms with Gasteiger partial charge in [0.15, 0.2) is 0 Å². The van der Waals surface area contributed by atoms with E-state index in [1.54, 1.807) is 29.2 Å². The molecule has 1 atom stereocenters. The molecular weight excluding hydrogens is 382 g/mol. The Morgan fingerprint density at radius 1 is 1.00 bits per heavy atom. The van der Waals surface area contributed by atoms with Crippen LogP contribution >= 0.6 is 0 Å². The molecule has 0 unspecified atom stereocenters. The highest BCUT2D eigenvalue weighted by atomic mass is 16.2. The summed E-state index contributed by atoms with van der Waals surface area (Å²) in [6.07, 6.45) is 0.228. The van der Waals surface area contributed by atoms with E-state index in [0.717, 1.165) is 21.7 Å². The van der Waals surface area contributed by atoms with Crippen LogP contribution in [0.15, 0.2) is 42.5 Å². The van der Waals surface area contributed by atoms with Crippen LogP contribution in [0, 0.1) is 13.8 Å². The highest BCUT2D eigenvalue weighted by Crippen LogP contribution is 2.25. The third kappa shape index (κ3) is 3.58. The average Bonchev–Trinajstić information content (AvgIpc) is 3.20. The van der Waals surface area contributed by atoms with Crippen molar-refractivity contribution in [3.8, 4) is 0 Å². The molecule has 2 aliphatic rings. The van der Waals surface area contributed by atoms with E-state index in [9.17, 15) is 19.2 Å². The van der Waals surface area contributed by atoms with Crippen LogP contribution in [0.4, 0.5) is 5.69 Å². The van der Waals surface area contributed by atoms with Crippen molar-refractivity contribution >= 4 is 29.3 Å². The predicted octanol–water partition coefficient (Wildman–Crippen LogP) is 2.21. The first kappa shape index (κ1) is 19.8. The van der Waals surface area contributed by atoms with Gasteiger partial charge in [0.1, 0.15) is 0 Å². The Morgan fingerprint density at radius 3 is 2.30 bits per heavy atom. The van der Waals surface area contributed by atoms with Gasteiger partial charge in [-0.25, -0.2) is 0 Å². The molecule has 1 N–H and O–H groups in total. The highest BCUT2D eigenvalue weighted by Gasteiger charge is 2.36. The van der Waals surface area contributed by atoms with Gasteiger partial charge in [-0.3, -0.25) is 24.1 Å². The molecule has 0 radical (unpaired) electrons. The summed E-state index contributed by atoms with van der Waals surface area (Å²) in [6, 6.07) is 12.2. The maximum absolute atomic E-state index is 12.4. The van der Waals surface area contributed by atoms with Gasteiger partial charge >= 0.3 is 0 Å². The van der Waals surface area contributed by atoms with Crippen LogP contribution in [0.5, 0.6) is 0 Å².